The molecule has 1 atom stereocenters. The Bertz CT molecular complexity index is 3580. The summed E-state index contributed by atoms with van der Waals surface area (Å²) in [5.74, 6) is 1.32. The molecule has 0 N–H and O–H groups in total. The molecular weight excluding hydrogens is 773 g/mol. The van der Waals surface area contributed by atoms with Crippen LogP contribution in [-0.4, -0.2) is 19.9 Å². The molecule has 0 amide bonds. The minimum Gasteiger partial charge on any atom is -0.236 e. The zero-order valence-corrected chi connectivity index (χ0v) is 34.1. The van der Waals surface area contributed by atoms with Crippen molar-refractivity contribution in [3.63, 3.8) is 0 Å². The fourth-order valence-corrected chi connectivity index (χ4v) is 11.3. The Labute approximate surface area is 362 Å². The average Bonchev–Trinajstić information content (AvgIpc) is 3.85. The minimum atomic E-state index is -0.649. The number of fused-ring (bicyclic) bond motifs is 16. The van der Waals surface area contributed by atoms with Crippen molar-refractivity contribution in [1.82, 2.24) is 19.9 Å². The van der Waals surface area contributed by atoms with E-state index in [0.717, 1.165) is 33.6 Å². The molecule has 8 aromatic carbocycles. The maximum Gasteiger partial charge on any atom is 0.160 e. The lowest BCUT2D eigenvalue weighted by Crippen LogP contribution is -2.29. The average molecular weight is 807 g/mol. The predicted octanol–water partition coefficient (Wildman–Crippen LogP) is 14.3. The van der Waals surface area contributed by atoms with Crippen LogP contribution < -0.4 is 0 Å². The molecule has 288 valence electrons. The number of hydrogen-bond acceptors (Lipinski definition) is 5. The molecule has 5 heteroatoms. The van der Waals surface area contributed by atoms with Gasteiger partial charge in [0.1, 0.15) is 0 Å². The molecule has 62 heavy (non-hydrogen) atoms. The molecule has 0 bridgehead atoms. The van der Waals surface area contributed by atoms with Gasteiger partial charge in [0.25, 0.3) is 0 Å². The van der Waals surface area contributed by atoms with E-state index in [1.54, 1.807) is 0 Å². The van der Waals surface area contributed by atoms with Crippen LogP contribution in [-0.2, 0) is 5.41 Å². The fourth-order valence-electron chi connectivity index (χ4n) is 10.2. The summed E-state index contributed by atoms with van der Waals surface area (Å²) in [5, 5.41) is 2.64. The highest BCUT2D eigenvalue weighted by atomic mass is 32.1. The summed E-state index contributed by atoms with van der Waals surface area (Å²) in [5.41, 5.74) is 17.3. The van der Waals surface area contributed by atoms with Gasteiger partial charge in [-0.05, 0) is 79.9 Å². The molecular formula is C57H34N4S. The van der Waals surface area contributed by atoms with Crippen molar-refractivity contribution in [2.75, 3.05) is 0 Å². The van der Waals surface area contributed by atoms with Crippen LogP contribution in [0, 0.1) is 0 Å². The van der Waals surface area contributed by atoms with Gasteiger partial charge in [0.2, 0.25) is 0 Å². The molecule has 13 rings (SSSR count). The highest BCUT2D eigenvalue weighted by Gasteiger charge is 2.50. The van der Waals surface area contributed by atoms with E-state index in [9.17, 15) is 0 Å². The second kappa shape index (κ2) is 13.6. The summed E-state index contributed by atoms with van der Waals surface area (Å²) >= 11 is 1.88. The quantitative estimate of drug-likeness (QED) is 0.178. The molecule has 1 spiro atoms. The zero-order chi connectivity index (χ0) is 40.8. The lowest BCUT2D eigenvalue weighted by atomic mass is 9.65. The van der Waals surface area contributed by atoms with E-state index in [1.165, 1.54) is 75.8 Å². The largest absolute Gasteiger partial charge is 0.236 e. The number of rotatable bonds is 4. The lowest BCUT2D eigenvalue weighted by molar-refractivity contribution is 0.776. The van der Waals surface area contributed by atoms with Crippen molar-refractivity contribution in [2.45, 2.75) is 5.41 Å². The van der Waals surface area contributed by atoms with Gasteiger partial charge in [0, 0.05) is 54.8 Å². The third-order valence-electron chi connectivity index (χ3n) is 12.8. The van der Waals surface area contributed by atoms with E-state index in [2.05, 4.69) is 146 Å². The first-order valence-corrected chi connectivity index (χ1v) is 21.8. The summed E-state index contributed by atoms with van der Waals surface area (Å²) in [6.07, 6.45) is 3.74. The number of hydrogen-bond donors (Lipinski definition) is 0. The van der Waals surface area contributed by atoms with Crippen molar-refractivity contribution in [3.05, 3.63) is 229 Å². The summed E-state index contributed by atoms with van der Waals surface area (Å²) < 4.78 is 2.61. The standard InChI is InChI=1S/C57H34N4S/c1-3-15-35(16-4-1)55-58-33-38(34-59-55)50-32-49(60-56(61-50)36-17-5-2-6-18-36)37-27-28-42-40-20-8-7-19-39(40)41-21-9-12-24-45(41)57(48(42)31-37)46-25-13-10-22-43(46)53-47(57)29-30-52-54(53)44-23-11-14-26-51(44)62-52/h1-34H. The van der Waals surface area contributed by atoms with E-state index in [-0.39, 0.29) is 0 Å². The highest BCUT2D eigenvalue weighted by Crippen LogP contribution is 2.63. The molecule has 3 aromatic heterocycles. The first-order valence-electron chi connectivity index (χ1n) is 21.0. The number of aromatic nitrogens is 4. The lowest BCUT2D eigenvalue weighted by Gasteiger charge is -2.35. The maximum absolute atomic E-state index is 5.35. The van der Waals surface area contributed by atoms with E-state index in [4.69, 9.17) is 19.9 Å². The molecule has 0 fully saturated rings. The van der Waals surface area contributed by atoms with Crippen LogP contribution in [0.4, 0.5) is 0 Å². The summed E-state index contributed by atoms with van der Waals surface area (Å²) in [4.78, 5) is 20.1. The Morgan fingerprint density at radius 2 is 0.919 bits per heavy atom. The van der Waals surface area contributed by atoms with Gasteiger partial charge in [-0.1, -0.05) is 170 Å². The first-order chi connectivity index (χ1) is 30.7. The van der Waals surface area contributed by atoms with E-state index >= 15 is 0 Å². The number of nitrogens with zero attached hydrogens (tertiary/aromatic N) is 4. The van der Waals surface area contributed by atoms with Gasteiger partial charge in [-0.15, -0.1) is 11.3 Å². The predicted molar refractivity (Wildman–Crippen MR) is 254 cm³/mol. The summed E-state index contributed by atoms with van der Waals surface area (Å²) in [6.45, 7) is 0. The Morgan fingerprint density at radius 1 is 0.355 bits per heavy atom. The molecule has 1 unspecified atom stereocenters. The SMILES string of the molecule is c1ccc(-c2ncc(-c3cc(-c4ccc5c(c4)C4(c6ccccc6-c6ccccc6-5)c5ccccc5-c5c4ccc4sc6ccccc6c54)nc(-c4ccccc4)n3)cn2)cc1. The fraction of sp³-hybridized carbons (Fsp3) is 0.0175. The monoisotopic (exact) mass is 806 g/mol. The topological polar surface area (TPSA) is 51.6 Å². The van der Waals surface area contributed by atoms with Crippen LogP contribution in [0.3, 0.4) is 0 Å². The van der Waals surface area contributed by atoms with Gasteiger partial charge in [0.05, 0.1) is 16.8 Å². The van der Waals surface area contributed by atoms with Gasteiger partial charge in [-0.2, -0.15) is 0 Å². The van der Waals surface area contributed by atoms with E-state index < -0.39 is 5.41 Å². The minimum absolute atomic E-state index is 0.647. The highest BCUT2D eigenvalue weighted by molar-refractivity contribution is 7.26. The van der Waals surface area contributed by atoms with Gasteiger partial charge in [-0.25, -0.2) is 19.9 Å². The second-order valence-corrected chi connectivity index (χ2v) is 17.2. The summed E-state index contributed by atoms with van der Waals surface area (Å²) in [6, 6.07) is 70.2. The maximum atomic E-state index is 5.35. The van der Waals surface area contributed by atoms with Crippen molar-refractivity contribution >= 4 is 31.5 Å². The van der Waals surface area contributed by atoms with Gasteiger partial charge < -0.3 is 0 Å². The Kier molecular flexibility index (Phi) is 7.66. The molecule has 0 saturated carbocycles. The zero-order valence-electron chi connectivity index (χ0n) is 33.3. The number of thiophene rings is 1. The van der Waals surface area contributed by atoms with E-state index in [1.807, 2.05) is 72.3 Å². The molecule has 0 aliphatic heterocycles. The Hall–Kier alpha value is -7.86. The van der Waals surface area contributed by atoms with Gasteiger partial charge in [0.15, 0.2) is 11.6 Å². The molecule has 4 nitrogen and oxygen atoms in total. The normalized spacial score (nSPS) is 14.5. The van der Waals surface area contributed by atoms with Crippen LogP contribution in [0.25, 0.3) is 98.8 Å². The van der Waals surface area contributed by atoms with Crippen molar-refractivity contribution in [3.8, 4) is 78.7 Å². The van der Waals surface area contributed by atoms with Crippen molar-refractivity contribution in [1.29, 1.82) is 0 Å². The van der Waals surface area contributed by atoms with Gasteiger partial charge in [-0.3, -0.25) is 0 Å². The van der Waals surface area contributed by atoms with Crippen LogP contribution in [0.1, 0.15) is 22.3 Å². The molecule has 11 aromatic rings. The van der Waals surface area contributed by atoms with Crippen LogP contribution >= 0.6 is 11.3 Å². The molecule has 2 aliphatic rings. The summed E-state index contributed by atoms with van der Waals surface area (Å²) in [7, 11) is 0. The van der Waals surface area contributed by atoms with Crippen molar-refractivity contribution < 1.29 is 0 Å². The van der Waals surface area contributed by atoms with Crippen LogP contribution in [0.2, 0.25) is 0 Å². The van der Waals surface area contributed by atoms with Gasteiger partial charge >= 0.3 is 0 Å². The van der Waals surface area contributed by atoms with E-state index in [0.29, 0.717) is 11.6 Å². The third-order valence-corrected chi connectivity index (χ3v) is 14.0. The molecule has 2 aliphatic carbocycles. The van der Waals surface area contributed by atoms with Crippen LogP contribution in [0.15, 0.2) is 207 Å². The van der Waals surface area contributed by atoms with Crippen LogP contribution in [0.5, 0.6) is 0 Å². The Balaban J connectivity index is 1.11. The molecule has 0 saturated heterocycles. The third kappa shape index (κ3) is 5.06. The number of benzene rings is 8. The smallest absolute Gasteiger partial charge is 0.160 e. The second-order valence-electron chi connectivity index (χ2n) is 16.1. The Morgan fingerprint density at radius 3 is 1.65 bits per heavy atom. The first kappa shape index (κ1) is 34.9. The molecule has 0 radical (unpaired) electrons. The van der Waals surface area contributed by atoms with Crippen molar-refractivity contribution in [2.24, 2.45) is 0 Å². The molecule has 3 heterocycles.